The van der Waals surface area contributed by atoms with Gasteiger partial charge in [0.05, 0.1) is 6.61 Å². The predicted octanol–water partition coefficient (Wildman–Crippen LogP) is 3.20. The van der Waals surface area contributed by atoms with Crippen LogP contribution in [0.15, 0.2) is 60.7 Å². The highest BCUT2D eigenvalue weighted by molar-refractivity contribution is 5.18. The Hall–Kier alpha value is -2.16. The molecule has 0 bridgehead atoms. The smallest absolute Gasteiger partial charge is 0.164 e. The van der Waals surface area contributed by atoms with E-state index < -0.39 is 11.9 Å². The molecule has 1 fully saturated rings. The molecule has 1 heterocycles. The molecule has 1 aliphatic rings. The number of ether oxygens (including phenoxy) is 2. The van der Waals surface area contributed by atoms with Crippen molar-refractivity contribution in [3.05, 3.63) is 71.8 Å². The monoisotopic (exact) mass is 365 g/mol. The van der Waals surface area contributed by atoms with E-state index in [0.29, 0.717) is 13.2 Å². The quantitative estimate of drug-likeness (QED) is 0.799. The van der Waals surface area contributed by atoms with Crippen LogP contribution in [0.2, 0.25) is 0 Å². The Morgan fingerprint density at radius 3 is 2.07 bits per heavy atom. The molecule has 1 aliphatic heterocycles. The summed E-state index contributed by atoms with van der Waals surface area (Å²) in [6.45, 7) is 6.15. The molecule has 2 aromatic rings. The van der Waals surface area contributed by atoms with Crippen LogP contribution in [0.1, 0.15) is 25.0 Å². The summed E-state index contributed by atoms with van der Waals surface area (Å²) >= 11 is 0. The number of aliphatic hydroxyl groups is 1. The highest BCUT2D eigenvalue weighted by atomic mass is 16.7. The molecule has 2 unspecified atom stereocenters. The van der Waals surface area contributed by atoms with Gasteiger partial charge in [-0.2, -0.15) is 0 Å². The van der Waals surface area contributed by atoms with Gasteiger partial charge < -0.3 is 14.6 Å². The molecule has 27 heavy (non-hydrogen) atoms. The minimum Gasteiger partial charge on any atom is -0.379 e. The summed E-state index contributed by atoms with van der Waals surface area (Å²) in [6.07, 6.45) is -1.03. The van der Waals surface area contributed by atoms with Gasteiger partial charge in [0.1, 0.15) is 12.2 Å². The number of hydrogen-bond donors (Lipinski definition) is 1. The fourth-order valence-electron chi connectivity index (χ4n) is 3.11. The van der Waals surface area contributed by atoms with Crippen molar-refractivity contribution in [2.24, 2.45) is 0 Å². The number of rotatable bonds is 6. The van der Waals surface area contributed by atoms with Gasteiger partial charge >= 0.3 is 0 Å². The molecule has 3 rings (SSSR count). The first kappa shape index (κ1) is 19.6. The molecule has 142 valence electrons. The van der Waals surface area contributed by atoms with Gasteiger partial charge in [-0.05, 0) is 25.0 Å². The zero-order chi connectivity index (χ0) is 19.1. The number of benzene rings is 2. The van der Waals surface area contributed by atoms with Crippen molar-refractivity contribution in [3.8, 4) is 11.8 Å². The number of nitrogens with zero attached hydrogens (tertiary/aromatic N) is 1. The maximum atomic E-state index is 10.5. The Morgan fingerprint density at radius 2 is 1.59 bits per heavy atom. The molecule has 0 aromatic heterocycles. The third kappa shape index (κ3) is 6.50. The Kier molecular flexibility index (Phi) is 6.65. The van der Waals surface area contributed by atoms with Crippen molar-refractivity contribution in [3.63, 3.8) is 0 Å². The summed E-state index contributed by atoms with van der Waals surface area (Å²) in [4.78, 5) is 2.21. The van der Waals surface area contributed by atoms with E-state index in [0.717, 1.165) is 13.1 Å². The van der Waals surface area contributed by atoms with Crippen molar-refractivity contribution in [2.75, 3.05) is 13.2 Å². The summed E-state index contributed by atoms with van der Waals surface area (Å²) < 4.78 is 11.2. The summed E-state index contributed by atoms with van der Waals surface area (Å²) in [5.41, 5.74) is 2.42. The van der Waals surface area contributed by atoms with Gasteiger partial charge in [0.15, 0.2) is 5.79 Å². The van der Waals surface area contributed by atoms with Gasteiger partial charge in [-0.1, -0.05) is 72.5 Å². The van der Waals surface area contributed by atoms with Crippen LogP contribution in [-0.2, 0) is 22.6 Å². The molecule has 2 atom stereocenters. The topological polar surface area (TPSA) is 41.9 Å². The molecule has 1 saturated heterocycles. The van der Waals surface area contributed by atoms with E-state index >= 15 is 0 Å². The second kappa shape index (κ2) is 9.16. The lowest BCUT2D eigenvalue weighted by molar-refractivity contribution is -0.132. The highest BCUT2D eigenvalue weighted by Gasteiger charge is 2.31. The van der Waals surface area contributed by atoms with Crippen LogP contribution in [0.4, 0.5) is 0 Å². The molecule has 0 aliphatic carbocycles. The molecule has 0 spiro atoms. The van der Waals surface area contributed by atoms with Gasteiger partial charge in [0.25, 0.3) is 0 Å². The fraction of sp³-hybridized carbons (Fsp3) is 0.391. The minimum atomic E-state index is -0.746. The molecule has 0 radical (unpaired) electrons. The summed E-state index contributed by atoms with van der Waals surface area (Å²) in [5.74, 6) is 5.32. The summed E-state index contributed by atoms with van der Waals surface area (Å²) in [7, 11) is 0. The molecule has 0 amide bonds. The Bertz CT molecular complexity index is 723. The molecule has 2 aromatic carbocycles. The lowest BCUT2D eigenvalue weighted by atomic mass is 10.1. The van der Waals surface area contributed by atoms with E-state index in [4.69, 9.17) is 9.47 Å². The van der Waals surface area contributed by atoms with Crippen LogP contribution in [0.5, 0.6) is 0 Å². The van der Waals surface area contributed by atoms with E-state index in [1.165, 1.54) is 11.1 Å². The van der Waals surface area contributed by atoms with Crippen LogP contribution < -0.4 is 0 Å². The van der Waals surface area contributed by atoms with Crippen molar-refractivity contribution >= 4 is 0 Å². The number of hydrogen-bond acceptors (Lipinski definition) is 4. The zero-order valence-corrected chi connectivity index (χ0v) is 16.0. The van der Waals surface area contributed by atoms with E-state index in [2.05, 4.69) is 41.0 Å². The maximum absolute atomic E-state index is 10.5. The van der Waals surface area contributed by atoms with E-state index in [-0.39, 0.29) is 6.10 Å². The van der Waals surface area contributed by atoms with Gasteiger partial charge in [0, 0.05) is 19.6 Å². The average molecular weight is 365 g/mol. The van der Waals surface area contributed by atoms with Gasteiger partial charge in [-0.25, -0.2) is 0 Å². The lowest BCUT2D eigenvalue weighted by Crippen LogP contribution is -2.31. The zero-order valence-electron chi connectivity index (χ0n) is 16.0. The maximum Gasteiger partial charge on any atom is 0.164 e. The SMILES string of the molecule is CC1(C)OCC(C#CC(O)CN(Cc2ccccc2)Cc2ccccc2)O1. The molecule has 4 nitrogen and oxygen atoms in total. The molecule has 4 heteroatoms. The first-order chi connectivity index (χ1) is 13.0. The third-order valence-electron chi connectivity index (χ3n) is 4.35. The van der Waals surface area contributed by atoms with Crippen LogP contribution >= 0.6 is 0 Å². The molecular formula is C23H27NO3. The second-order valence-electron chi connectivity index (χ2n) is 7.26. The van der Waals surface area contributed by atoms with E-state index in [1.54, 1.807) is 0 Å². The third-order valence-corrected chi connectivity index (χ3v) is 4.35. The van der Waals surface area contributed by atoms with Crippen molar-refractivity contribution < 1.29 is 14.6 Å². The average Bonchev–Trinajstić information content (AvgIpc) is 3.00. The lowest BCUT2D eigenvalue weighted by Gasteiger charge is -2.23. The second-order valence-corrected chi connectivity index (χ2v) is 7.26. The first-order valence-corrected chi connectivity index (χ1v) is 9.31. The standard InChI is InChI=1S/C23H27NO3/c1-23(2)26-18-22(27-23)14-13-21(25)17-24(15-19-9-5-3-6-10-19)16-20-11-7-4-8-12-20/h3-12,21-22,25H,15-18H2,1-2H3. The largest absolute Gasteiger partial charge is 0.379 e. The van der Waals surface area contributed by atoms with Crippen LogP contribution in [-0.4, -0.2) is 41.2 Å². The molecule has 1 N–H and O–H groups in total. The molecular weight excluding hydrogens is 338 g/mol. The predicted molar refractivity (Wildman–Crippen MR) is 106 cm³/mol. The summed E-state index contributed by atoms with van der Waals surface area (Å²) in [6, 6.07) is 20.5. The first-order valence-electron chi connectivity index (χ1n) is 9.31. The highest BCUT2D eigenvalue weighted by Crippen LogP contribution is 2.21. The number of aliphatic hydroxyl groups excluding tert-OH is 1. The van der Waals surface area contributed by atoms with E-state index in [1.807, 2.05) is 50.2 Å². The van der Waals surface area contributed by atoms with Crippen LogP contribution in [0.25, 0.3) is 0 Å². The van der Waals surface area contributed by atoms with Gasteiger partial charge in [0.2, 0.25) is 0 Å². The van der Waals surface area contributed by atoms with Crippen molar-refractivity contribution in [2.45, 2.75) is 44.9 Å². The fourth-order valence-corrected chi connectivity index (χ4v) is 3.11. The Labute approximate surface area is 161 Å². The van der Waals surface area contributed by atoms with Crippen molar-refractivity contribution in [1.29, 1.82) is 0 Å². The molecule has 0 saturated carbocycles. The van der Waals surface area contributed by atoms with Crippen LogP contribution in [0.3, 0.4) is 0 Å². The minimum absolute atomic E-state index is 0.286. The van der Waals surface area contributed by atoms with E-state index in [9.17, 15) is 5.11 Å². The Morgan fingerprint density at radius 1 is 1.04 bits per heavy atom. The van der Waals surface area contributed by atoms with Gasteiger partial charge in [-0.3, -0.25) is 4.90 Å². The van der Waals surface area contributed by atoms with Gasteiger partial charge in [-0.15, -0.1) is 0 Å². The normalized spacial score (nSPS) is 19.5. The van der Waals surface area contributed by atoms with Crippen LogP contribution in [0, 0.1) is 11.8 Å². The summed E-state index contributed by atoms with van der Waals surface area (Å²) in [5, 5.41) is 10.5. The van der Waals surface area contributed by atoms with Crippen molar-refractivity contribution in [1.82, 2.24) is 4.90 Å². The Balaban J connectivity index is 1.63.